The van der Waals surface area contributed by atoms with Gasteiger partial charge in [-0.25, -0.2) is 4.68 Å². The first kappa shape index (κ1) is 17.9. The van der Waals surface area contributed by atoms with Gasteiger partial charge in [0.2, 0.25) is 5.91 Å². The molecule has 1 amide bonds. The Labute approximate surface area is 156 Å². The lowest BCUT2D eigenvalue weighted by molar-refractivity contribution is -0.255. The zero-order chi connectivity index (χ0) is 18.8. The molecule has 9 heteroatoms. The van der Waals surface area contributed by atoms with E-state index in [1.807, 2.05) is 0 Å². The lowest BCUT2D eigenvalue weighted by Crippen LogP contribution is -2.34. The van der Waals surface area contributed by atoms with Crippen molar-refractivity contribution >= 4 is 51.5 Å². The van der Waals surface area contributed by atoms with E-state index in [1.165, 1.54) is 30.3 Å². The van der Waals surface area contributed by atoms with Crippen LogP contribution >= 0.6 is 23.2 Å². The van der Waals surface area contributed by atoms with Crippen molar-refractivity contribution in [2.45, 2.75) is 6.54 Å². The lowest BCUT2D eigenvalue weighted by atomic mass is 10.1. The Kier molecular flexibility index (Phi) is 4.92. The number of carboxylic acids is 1. The van der Waals surface area contributed by atoms with Crippen molar-refractivity contribution in [3.63, 3.8) is 0 Å². The summed E-state index contributed by atoms with van der Waals surface area (Å²) in [5.74, 6) is -2.15. The molecule has 0 radical (unpaired) electrons. The summed E-state index contributed by atoms with van der Waals surface area (Å²) in [5, 5.41) is 18.5. The molecule has 0 saturated heterocycles. The summed E-state index contributed by atoms with van der Waals surface area (Å²) in [5.41, 5.74) is -0.712. The van der Waals surface area contributed by atoms with Crippen LogP contribution in [-0.2, 0) is 11.3 Å². The van der Waals surface area contributed by atoms with Gasteiger partial charge in [-0.1, -0.05) is 41.4 Å². The molecular weight excluding hydrogens is 381 g/mol. The first-order valence-electron chi connectivity index (χ1n) is 7.33. The van der Waals surface area contributed by atoms with E-state index in [-0.39, 0.29) is 15.8 Å². The van der Waals surface area contributed by atoms with Crippen LogP contribution in [-0.4, -0.2) is 21.7 Å². The topological polar surface area (TPSA) is 104 Å². The number of aromatic nitrogens is 2. The van der Waals surface area contributed by atoms with E-state index in [9.17, 15) is 19.5 Å². The SMILES string of the molecule is O=C(Cn1nc(C(=O)[O-])c2ccccc2c1=O)Nc1ccc(Cl)cc1Cl. The second kappa shape index (κ2) is 7.15. The minimum Gasteiger partial charge on any atom is -0.543 e. The van der Waals surface area contributed by atoms with Crippen molar-refractivity contribution in [2.75, 3.05) is 5.32 Å². The van der Waals surface area contributed by atoms with Gasteiger partial charge in [0.05, 0.1) is 22.1 Å². The number of aromatic carboxylic acids is 1. The number of carboxylic acid groups (broad SMARTS) is 1. The summed E-state index contributed by atoms with van der Waals surface area (Å²) in [6.07, 6.45) is 0. The van der Waals surface area contributed by atoms with Crippen LogP contribution in [0.4, 0.5) is 5.69 Å². The van der Waals surface area contributed by atoms with Gasteiger partial charge in [0.25, 0.3) is 5.56 Å². The summed E-state index contributed by atoms with van der Waals surface area (Å²) in [7, 11) is 0. The van der Waals surface area contributed by atoms with Gasteiger partial charge >= 0.3 is 0 Å². The first-order chi connectivity index (χ1) is 12.4. The number of halogens is 2. The van der Waals surface area contributed by atoms with E-state index < -0.39 is 29.7 Å². The largest absolute Gasteiger partial charge is 0.543 e. The number of nitrogens with zero attached hydrogens (tertiary/aromatic N) is 2. The van der Waals surface area contributed by atoms with Crippen LogP contribution in [0.2, 0.25) is 10.0 Å². The number of hydrogen-bond donors (Lipinski definition) is 1. The molecule has 0 fully saturated rings. The van der Waals surface area contributed by atoms with E-state index in [1.54, 1.807) is 12.1 Å². The van der Waals surface area contributed by atoms with Gasteiger partial charge in [-0.05, 0) is 24.3 Å². The Bertz CT molecular complexity index is 1100. The van der Waals surface area contributed by atoms with Crippen LogP contribution in [0.25, 0.3) is 10.8 Å². The van der Waals surface area contributed by atoms with Crippen molar-refractivity contribution in [2.24, 2.45) is 0 Å². The fourth-order valence-corrected chi connectivity index (χ4v) is 2.87. The zero-order valence-corrected chi connectivity index (χ0v) is 14.5. The summed E-state index contributed by atoms with van der Waals surface area (Å²) >= 11 is 11.8. The smallest absolute Gasteiger partial charge is 0.275 e. The normalized spacial score (nSPS) is 10.7. The van der Waals surface area contributed by atoms with E-state index >= 15 is 0 Å². The Morgan fingerprint density at radius 3 is 2.46 bits per heavy atom. The second-order valence-electron chi connectivity index (χ2n) is 5.32. The third-order valence-electron chi connectivity index (χ3n) is 3.56. The monoisotopic (exact) mass is 390 g/mol. The maximum Gasteiger partial charge on any atom is 0.275 e. The molecule has 0 saturated carbocycles. The molecule has 0 aliphatic carbocycles. The highest BCUT2D eigenvalue weighted by atomic mass is 35.5. The van der Waals surface area contributed by atoms with Crippen molar-refractivity contribution in [1.82, 2.24) is 9.78 Å². The Morgan fingerprint density at radius 2 is 1.81 bits per heavy atom. The molecule has 1 aromatic heterocycles. The van der Waals surface area contributed by atoms with Crippen molar-refractivity contribution in [3.8, 4) is 0 Å². The predicted octanol–water partition coefficient (Wildman–Crippen LogP) is 1.71. The molecule has 1 N–H and O–H groups in total. The second-order valence-corrected chi connectivity index (χ2v) is 6.16. The lowest BCUT2D eigenvalue weighted by Gasteiger charge is -2.12. The van der Waals surface area contributed by atoms with E-state index in [0.29, 0.717) is 10.7 Å². The third-order valence-corrected chi connectivity index (χ3v) is 4.11. The molecule has 0 bridgehead atoms. The molecule has 132 valence electrons. The van der Waals surface area contributed by atoms with Crippen molar-refractivity contribution in [3.05, 3.63) is 68.6 Å². The predicted molar refractivity (Wildman–Crippen MR) is 95.4 cm³/mol. The number of amides is 1. The molecule has 1 heterocycles. The van der Waals surface area contributed by atoms with Crippen molar-refractivity contribution < 1.29 is 14.7 Å². The highest BCUT2D eigenvalue weighted by Gasteiger charge is 2.14. The molecule has 0 unspecified atom stereocenters. The molecule has 0 spiro atoms. The molecule has 26 heavy (non-hydrogen) atoms. The molecule has 3 aromatic rings. The Hall–Kier alpha value is -2.90. The summed E-state index contributed by atoms with van der Waals surface area (Å²) in [4.78, 5) is 36.0. The molecule has 0 atom stereocenters. The number of anilines is 1. The third kappa shape index (κ3) is 3.54. The summed E-state index contributed by atoms with van der Waals surface area (Å²) < 4.78 is 0.770. The number of hydrogen-bond acceptors (Lipinski definition) is 5. The molecule has 0 aliphatic heterocycles. The van der Waals surface area contributed by atoms with Crippen LogP contribution in [0.5, 0.6) is 0 Å². The Morgan fingerprint density at radius 1 is 1.12 bits per heavy atom. The Balaban J connectivity index is 1.95. The number of carbonyl (C=O) groups is 2. The molecule has 3 rings (SSSR count). The van der Waals surface area contributed by atoms with Gasteiger partial charge < -0.3 is 15.2 Å². The molecule has 7 nitrogen and oxygen atoms in total. The van der Waals surface area contributed by atoms with E-state index in [4.69, 9.17) is 23.2 Å². The molecule has 2 aromatic carbocycles. The van der Waals surface area contributed by atoms with Gasteiger partial charge in [-0.2, -0.15) is 5.10 Å². The summed E-state index contributed by atoms with van der Waals surface area (Å²) in [6, 6.07) is 10.6. The quantitative estimate of drug-likeness (QED) is 0.729. The van der Waals surface area contributed by atoms with Gasteiger partial charge in [0, 0.05) is 10.4 Å². The molecule has 0 aliphatic rings. The van der Waals surface area contributed by atoms with E-state index in [2.05, 4.69) is 10.4 Å². The minimum absolute atomic E-state index is 0.124. The highest BCUT2D eigenvalue weighted by molar-refractivity contribution is 6.36. The molecular formula is C17H10Cl2N3O4-. The maximum absolute atomic E-state index is 12.5. The van der Waals surface area contributed by atoms with Crippen LogP contribution < -0.4 is 16.0 Å². The van der Waals surface area contributed by atoms with Crippen molar-refractivity contribution in [1.29, 1.82) is 0 Å². The standard InChI is InChI=1S/C17H11Cl2N3O4/c18-9-5-6-13(12(19)7-9)20-14(23)8-22-16(24)11-4-2-1-3-10(11)15(21-22)17(25)26/h1-7H,8H2,(H,20,23)(H,25,26)/p-1. The van der Waals surface area contributed by atoms with E-state index in [0.717, 1.165) is 4.68 Å². The minimum atomic E-state index is -1.55. The number of nitrogens with one attached hydrogen (secondary N) is 1. The van der Waals surface area contributed by atoms with Crippen LogP contribution in [0.15, 0.2) is 47.3 Å². The van der Waals surface area contributed by atoms with Gasteiger partial charge in [0.1, 0.15) is 12.2 Å². The van der Waals surface area contributed by atoms with Gasteiger partial charge in [0.15, 0.2) is 0 Å². The number of fused-ring (bicyclic) bond motifs is 1. The number of carbonyl (C=O) groups excluding carboxylic acids is 2. The highest BCUT2D eigenvalue weighted by Crippen LogP contribution is 2.25. The van der Waals surface area contributed by atoms with Crippen LogP contribution in [0.3, 0.4) is 0 Å². The van der Waals surface area contributed by atoms with Gasteiger partial charge in [-0.15, -0.1) is 0 Å². The average Bonchev–Trinajstić information content (AvgIpc) is 2.59. The number of rotatable bonds is 4. The van der Waals surface area contributed by atoms with Crippen LogP contribution in [0, 0.1) is 0 Å². The van der Waals surface area contributed by atoms with Crippen LogP contribution in [0.1, 0.15) is 10.5 Å². The first-order valence-corrected chi connectivity index (χ1v) is 8.08. The van der Waals surface area contributed by atoms with Gasteiger partial charge in [-0.3, -0.25) is 9.59 Å². The maximum atomic E-state index is 12.5. The summed E-state index contributed by atoms with van der Waals surface area (Å²) in [6.45, 7) is -0.497. The average molecular weight is 391 g/mol. The number of benzene rings is 2. The zero-order valence-electron chi connectivity index (χ0n) is 13.0. The fraction of sp³-hybridized carbons (Fsp3) is 0.0588. The fourth-order valence-electron chi connectivity index (χ4n) is 2.41.